The van der Waals surface area contributed by atoms with Crippen LogP contribution < -0.4 is 0 Å². The maximum absolute atomic E-state index is 12.9. The first-order valence-corrected chi connectivity index (χ1v) is 8.51. The minimum atomic E-state index is -0.265. The summed E-state index contributed by atoms with van der Waals surface area (Å²) in [4.78, 5) is 28.0. The number of amides is 2. The molecule has 5 heteroatoms. The van der Waals surface area contributed by atoms with Gasteiger partial charge in [-0.05, 0) is 30.2 Å². The van der Waals surface area contributed by atoms with Crippen molar-refractivity contribution in [2.45, 2.75) is 13.0 Å². The van der Waals surface area contributed by atoms with Crippen LogP contribution in [0.5, 0.6) is 0 Å². The molecule has 2 aromatic carbocycles. The van der Waals surface area contributed by atoms with E-state index in [2.05, 4.69) is 25.1 Å². The van der Waals surface area contributed by atoms with Gasteiger partial charge in [-0.2, -0.15) is 0 Å². The van der Waals surface area contributed by atoms with E-state index in [-0.39, 0.29) is 18.0 Å². The summed E-state index contributed by atoms with van der Waals surface area (Å²) in [5.74, 6) is 0.00787. The summed E-state index contributed by atoms with van der Waals surface area (Å²) in [5, 5.41) is 0. The molecule has 2 heterocycles. The minimum absolute atomic E-state index is 0.00787. The standard InChI is InChI=1S/C20H20N2O3/c1-14-4-2-5-15(10-14)16-6-3-7-17(11-16)19(23)21-8-9-22-18(12-21)13-25-20(22)24/h2-7,10-11,18H,8-9,12-13H2,1H3. The Kier molecular flexibility index (Phi) is 3.92. The fourth-order valence-electron chi connectivity index (χ4n) is 3.51. The number of nitrogens with zero attached hydrogens (tertiary/aromatic N) is 2. The minimum Gasteiger partial charge on any atom is -0.447 e. The van der Waals surface area contributed by atoms with Crippen LogP contribution in [0.3, 0.4) is 0 Å². The fourth-order valence-corrected chi connectivity index (χ4v) is 3.51. The number of cyclic esters (lactones) is 1. The van der Waals surface area contributed by atoms with E-state index in [1.54, 1.807) is 4.90 Å². The van der Waals surface area contributed by atoms with E-state index in [9.17, 15) is 9.59 Å². The molecular weight excluding hydrogens is 316 g/mol. The highest BCUT2D eigenvalue weighted by Gasteiger charge is 2.38. The molecule has 2 fully saturated rings. The highest BCUT2D eigenvalue weighted by molar-refractivity contribution is 5.95. The van der Waals surface area contributed by atoms with Crippen LogP contribution in [-0.4, -0.2) is 54.1 Å². The second kappa shape index (κ2) is 6.24. The number of hydrogen-bond acceptors (Lipinski definition) is 3. The number of aryl methyl sites for hydroxylation is 1. The molecule has 0 aromatic heterocycles. The average molecular weight is 336 g/mol. The Morgan fingerprint density at radius 3 is 2.64 bits per heavy atom. The summed E-state index contributed by atoms with van der Waals surface area (Å²) in [6.45, 7) is 4.03. The number of carbonyl (C=O) groups excluding carboxylic acids is 2. The average Bonchev–Trinajstić information content (AvgIpc) is 3.02. The third-order valence-electron chi connectivity index (χ3n) is 4.86. The Morgan fingerprint density at radius 2 is 1.84 bits per heavy atom. The second-order valence-electron chi connectivity index (χ2n) is 6.63. The number of ether oxygens (including phenoxy) is 1. The molecule has 0 saturated carbocycles. The fraction of sp³-hybridized carbons (Fsp3) is 0.300. The van der Waals surface area contributed by atoms with Crippen LogP contribution in [0.2, 0.25) is 0 Å². The summed E-state index contributed by atoms with van der Waals surface area (Å²) in [5.41, 5.74) is 4.01. The van der Waals surface area contributed by atoms with Crippen LogP contribution in [-0.2, 0) is 4.74 Å². The molecule has 2 amide bonds. The van der Waals surface area contributed by atoms with Crippen molar-refractivity contribution >= 4 is 12.0 Å². The van der Waals surface area contributed by atoms with Crippen molar-refractivity contribution < 1.29 is 14.3 Å². The summed E-state index contributed by atoms with van der Waals surface area (Å²) in [7, 11) is 0. The summed E-state index contributed by atoms with van der Waals surface area (Å²) in [6, 6.07) is 16.0. The second-order valence-corrected chi connectivity index (χ2v) is 6.63. The van der Waals surface area contributed by atoms with Crippen molar-refractivity contribution in [3.63, 3.8) is 0 Å². The van der Waals surface area contributed by atoms with Gasteiger partial charge in [0.15, 0.2) is 0 Å². The number of fused-ring (bicyclic) bond motifs is 1. The Balaban J connectivity index is 1.55. The van der Waals surface area contributed by atoms with E-state index in [0.717, 1.165) is 11.1 Å². The molecule has 0 spiro atoms. The van der Waals surface area contributed by atoms with Crippen molar-refractivity contribution in [3.05, 3.63) is 59.7 Å². The van der Waals surface area contributed by atoms with Crippen molar-refractivity contribution in [2.24, 2.45) is 0 Å². The summed E-state index contributed by atoms with van der Waals surface area (Å²) in [6.07, 6.45) is -0.265. The summed E-state index contributed by atoms with van der Waals surface area (Å²) >= 11 is 0. The molecule has 5 nitrogen and oxygen atoms in total. The van der Waals surface area contributed by atoms with Gasteiger partial charge in [-0.3, -0.25) is 9.69 Å². The first kappa shape index (κ1) is 15.7. The third-order valence-corrected chi connectivity index (χ3v) is 4.86. The zero-order valence-corrected chi connectivity index (χ0v) is 14.1. The van der Waals surface area contributed by atoms with Gasteiger partial charge in [0, 0.05) is 25.2 Å². The maximum Gasteiger partial charge on any atom is 0.410 e. The van der Waals surface area contributed by atoms with Crippen LogP contribution >= 0.6 is 0 Å². The number of piperazine rings is 1. The van der Waals surface area contributed by atoms with E-state index in [4.69, 9.17) is 4.74 Å². The van der Waals surface area contributed by atoms with Crippen molar-refractivity contribution in [2.75, 3.05) is 26.2 Å². The lowest BCUT2D eigenvalue weighted by Gasteiger charge is -2.35. The van der Waals surface area contributed by atoms with Crippen LogP contribution in [0.25, 0.3) is 11.1 Å². The number of hydrogen-bond donors (Lipinski definition) is 0. The third kappa shape index (κ3) is 2.97. The molecule has 25 heavy (non-hydrogen) atoms. The molecule has 2 aromatic rings. The topological polar surface area (TPSA) is 49.9 Å². The van der Waals surface area contributed by atoms with Gasteiger partial charge >= 0.3 is 6.09 Å². The molecule has 0 N–H and O–H groups in total. The lowest BCUT2D eigenvalue weighted by molar-refractivity contribution is 0.0617. The molecule has 1 unspecified atom stereocenters. The molecule has 0 radical (unpaired) electrons. The van der Waals surface area contributed by atoms with E-state index >= 15 is 0 Å². The van der Waals surface area contributed by atoms with E-state index in [0.29, 0.717) is 31.8 Å². The van der Waals surface area contributed by atoms with Gasteiger partial charge in [-0.1, -0.05) is 42.0 Å². The van der Waals surface area contributed by atoms with Crippen LogP contribution in [0, 0.1) is 6.92 Å². The Morgan fingerprint density at radius 1 is 1.08 bits per heavy atom. The summed E-state index contributed by atoms with van der Waals surface area (Å²) < 4.78 is 5.07. The zero-order chi connectivity index (χ0) is 17.4. The van der Waals surface area contributed by atoms with Crippen LogP contribution in [0.15, 0.2) is 48.5 Å². The van der Waals surface area contributed by atoms with Crippen molar-refractivity contribution in [3.8, 4) is 11.1 Å². The zero-order valence-electron chi connectivity index (χ0n) is 14.1. The number of carbonyl (C=O) groups is 2. The van der Waals surface area contributed by atoms with Gasteiger partial charge in [0.1, 0.15) is 6.61 Å². The van der Waals surface area contributed by atoms with E-state index in [1.165, 1.54) is 5.56 Å². The van der Waals surface area contributed by atoms with Crippen molar-refractivity contribution in [1.82, 2.24) is 9.80 Å². The molecule has 128 valence electrons. The molecule has 4 rings (SSSR count). The number of rotatable bonds is 2. The smallest absolute Gasteiger partial charge is 0.410 e. The SMILES string of the molecule is Cc1cccc(-c2cccc(C(=O)N3CCN4C(=O)OCC4C3)c2)c1. The lowest BCUT2D eigenvalue weighted by Crippen LogP contribution is -2.53. The van der Waals surface area contributed by atoms with Gasteiger partial charge in [0.25, 0.3) is 5.91 Å². The van der Waals surface area contributed by atoms with Gasteiger partial charge < -0.3 is 9.64 Å². The molecule has 0 bridgehead atoms. The van der Waals surface area contributed by atoms with Gasteiger partial charge in [0.05, 0.1) is 6.04 Å². The maximum atomic E-state index is 12.9. The highest BCUT2D eigenvalue weighted by Crippen LogP contribution is 2.24. The van der Waals surface area contributed by atoms with Gasteiger partial charge in [0.2, 0.25) is 0 Å². The van der Waals surface area contributed by atoms with Crippen molar-refractivity contribution in [1.29, 1.82) is 0 Å². The van der Waals surface area contributed by atoms with Crippen LogP contribution in [0.1, 0.15) is 15.9 Å². The Hall–Kier alpha value is -2.82. The van der Waals surface area contributed by atoms with E-state index in [1.807, 2.05) is 35.2 Å². The van der Waals surface area contributed by atoms with Gasteiger partial charge in [-0.25, -0.2) is 4.79 Å². The Labute approximate surface area is 146 Å². The van der Waals surface area contributed by atoms with Crippen LogP contribution in [0.4, 0.5) is 4.79 Å². The normalized spacial score (nSPS) is 19.6. The first-order valence-electron chi connectivity index (χ1n) is 8.51. The highest BCUT2D eigenvalue weighted by atomic mass is 16.6. The lowest BCUT2D eigenvalue weighted by atomic mass is 10.0. The Bertz CT molecular complexity index is 833. The molecule has 2 aliphatic heterocycles. The predicted molar refractivity (Wildman–Crippen MR) is 94.4 cm³/mol. The largest absolute Gasteiger partial charge is 0.447 e. The van der Waals surface area contributed by atoms with Gasteiger partial charge in [-0.15, -0.1) is 0 Å². The molecule has 0 aliphatic carbocycles. The first-order chi connectivity index (χ1) is 12.1. The number of benzene rings is 2. The monoisotopic (exact) mass is 336 g/mol. The molecule has 1 atom stereocenters. The predicted octanol–water partition coefficient (Wildman–Crippen LogP) is 2.94. The molecule has 2 saturated heterocycles. The molecule has 2 aliphatic rings. The van der Waals surface area contributed by atoms with E-state index < -0.39 is 0 Å². The quantitative estimate of drug-likeness (QED) is 0.847. The molecular formula is C20H20N2O3.